The van der Waals surface area contributed by atoms with Crippen LogP contribution < -0.4 is 5.32 Å². The van der Waals surface area contributed by atoms with E-state index >= 15 is 0 Å². The summed E-state index contributed by atoms with van der Waals surface area (Å²) in [6.45, 7) is 3.93. The van der Waals surface area contributed by atoms with Crippen molar-refractivity contribution < 1.29 is 8.42 Å². The molecule has 3 aromatic carbocycles. The Kier molecular flexibility index (Phi) is 7.45. The van der Waals surface area contributed by atoms with Gasteiger partial charge in [0.15, 0.2) is 4.91 Å². The van der Waals surface area contributed by atoms with Gasteiger partial charge in [0.1, 0.15) is 11.1 Å². The van der Waals surface area contributed by atoms with Crippen molar-refractivity contribution in [2.75, 3.05) is 5.32 Å². The third-order valence-electron chi connectivity index (χ3n) is 4.76. The van der Waals surface area contributed by atoms with Crippen LogP contribution in [0.25, 0.3) is 0 Å². The number of nitriles is 1. The highest BCUT2D eigenvalue weighted by atomic mass is 35.5. The number of thioether (sulfide) groups is 1. The molecule has 0 spiro atoms. The maximum Gasteiger partial charge on any atom is 0.219 e. The van der Waals surface area contributed by atoms with E-state index in [2.05, 4.69) is 5.32 Å². The van der Waals surface area contributed by atoms with E-state index in [1.54, 1.807) is 24.3 Å². The van der Waals surface area contributed by atoms with Gasteiger partial charge in [-0.25, -0.2) is 8.42 Å². The summed E-state index contributed by atoms with van der Waals surface area (Å²) in [4.78, 5) is -0.234. The van der Waals surface area contributed by atoms with Crippen LogP contribution in [0, 0.1) is 25.2 Å². The fourth-order valence-corrected chi connectivity index (χ4v) is 5.63. The van der Waals surface area contributed by atoms with Crippen molar-refractivity contribution in [2.45, 2.75) is 24.5 Å². The number of hydrogen-bond donors (Lipinski definition) is 1. The highest BCUT2D eigenvalue weighted by molar-refractivity contribution is 8.04. The summed E-state index contributed by atoms with van der Waals surface area (Å²) in [5.74, 6) is 0.448. The van der Waals surface area contributed by atoms with Crippen molar-refractivity contribution in [3.63, 3.8) is 0 Å². The third kappa shape index (κ3) is 5.50. The summed E-state index contributed by atoms with van der Waals surface area (Å²) in [5, 5.41) is 14.0. The molecular formula is C24H21ClN2O2S2. The van der Waals surface area contributed by atoms with Crippen LogP contribution in [0.5, 0.6) is 0 Å². The molecule has 0 amide bonds. The number of rotatable bonds is 7. The molecule has 0 unspecified atom stereocenters. The Morgan fingerprint density at radius 2 is 1.74 bits per heavy atom. The molecule has 158 valence electrons. The Labute approximate surface area is 192 Å². The second-order valence-corrected chi connectivity index (χ2v) is 10.2. The molecule has 31 heavy (non-hydrogen) atoms. The molecule has 0 radical (unpaired) electrons. The number of anilines is 1. The molecule has 0 aromatic heterocycles. The largest absolute Gasteiger partial charge is 0.348 e. The number of hydrogen-bond acceptors (Lipinski definition) is 5. The summed E-state index contributed by atoms with van der Waals surface area (Å²) in [7, 11) is -4.00. The summed E-state index contributed by atoms with van der Waals surface area (Å²) < 4.78 is 26.5. The molecule has 7 heteroatoms. The zero-order chi connectivity index (χ0) is 22.4. The fraction of sp³-hybridized carbons (Fsp3) is 0.125. The molecule has 0 aliphatic heterocycles. The first-order valence-corrected chi connectivity index (χ1v) is 12.3. The molecule has 0 saturated heterocycles. The molecule has 0 heterocycles. The third-order valence-corrected chi connectivity index (χ3v) is 7.92. The van der Waals surface area contributed by atoms with E-state index in [9.17, 15) is 13.7 Å². The van der Waals surface area contributed by atoms with Gasteiger partial charge in [-0.15, -0.1) is 11.8 Å². The van der Waals surface area contributed by atoms with Crippen LogP contribution >= 0.6 is 23.4 Å². The van der Waals surface area contributed by atoms with Gasteiger partial charge in [-0.1, -0.05) is 54.1 Å². The monoisotopic (exact) mass is 468 g/mol. The number of benzene rings is 3. The normalized spacial score (nSPS) is 12.1. The maximum atomic E-state index is 13.3. The van der Waals surface area contributed by atoms with Crippen LogP contribution in [0.2, 0.25) is 5.02 Å². The van der Waals surface area contributed by atoms with Crippen LogP contribution in [-0.4, -0.2) is 8.42 Å². The smallest absolute Gasteiger partial charge is 0.219 e. The van der Waals surface area contributed by atoms with Crippen molar-refractivity contribution >= 4 is 38.9 Å². The van der Waals surface area contributed by atoms with Crippen LogP contribution in [0.1, 0.15) is 16.7 Å². The van der Waals surface area contributed by atoms with Crippen molar-refractivity contribution in [3.05, 3.63) is 104 Å². The predicted molar refractivity (Wildman–Crippen MR) is 129 cm³/mol. The van der Waals surface area contributed by atoms with Gasteiger partial charge in [-0.2, -0.15) is 5.26 Å². The molecular weight excluding hydrogens is 448 g/mol. The highest BCUT2D eigenvalue weighted by Gasteiger charge is 2.25. The first kappa shape index (κ1) is 23.0. The molecule has 0 saturated carbocycles. The van der Waals surface area contributed by atoms with Crippen molar-refractivity contribution in [1.29, 1.82) is 5.26 Å². The Balaban J connectivity index is 2.08. The van der Waals surface area contributed by atoms with Gasteiger partial charge < -0.3 is 5.32 Å². The van der Waals surface area contributed by atoms with Gasteiger partial charge in [-0.05, 0) is 60.9 Å². The van der Waals surface area contributed by atoms with Crippen molar-refractivity contribution in [3.8, 4) is 6.07 Å². The highest BCUT2D eigenvalue weighted by Crippen LogP contribution is 2.33. The standard InChI is InChI=1S/C24H21ClN2O2S2/c1-17-8-6-13-22(18(17)2)27-24(30-16-19-9-7-10-20(25)14-19)23(15-26)31(28,29)21-11-4-3-5-12-21/h3-14,27H,16H2,1-2H3. The SMILES string of the molecule is Cc1cccc(NC(SCc2cccc(Cl)c2)=C(C#N)S(=O)(=O)c2ccccc2)c1C. The van der Waals surface area contributed by atoms with Gasteiger partial charge in [0.05, 0.1) is 4.90 Å². The topological polar surface area (TPSA) is 70.0 Å². The lowest BCUT2D eigenvalue weighted by atomic mass is 10.1. The molecule has 3 aromatic rings. The number of nitrogens with zero attached hydrogens (tertiary/aromatic N) is 1. The molecule has 0 aliphatic rings. The Hall–Kier alpha value is -2.72. The van der Waals surface area contributed by atoms with Crippen molar-refractivity contribution in [1.82, 2.24) is 0 Å². The first-order valence-electron chi connectivity index (χ1n) is 9.48. The van der Waals surface area contributed by atoms with E-state index in [1.165, 1.54) is 23.9 Å². The van der Waals surface area contributed by atoms with Crippen LogP contribution in [0.15, 0.2) is 87.6 Å². The minimum atomic E-state index is -4.00. The summed E-state index contributed by atoms with van der Waals surface area (Å²) in [6, 6.07) is 23.0. The quantitative estimate of drug-likeness (QED) is 0.402. The molecule has 3 rings (SSSR count). The number of allylic oxidation sites excluding steroid dienone is 1. The number of sulfone groups is 1. The van der Waals surface area contributed by atoms with E-state index < -0.39 is 9.84 Å². The first-order chi connectivity index (χ1) is 14.8. The van der Waals surface area contributed by atoms with Crippen molar-refractivity contribution in [2.24, 2.45) is 0 Å². The summed E-state index contributed by atoms with van der Waals surface area (Å²) in [6.07, 6.45) is 0. The van der Waals surface area contributed by atoms with Gasteiger partial charge in [0, 0.05) is 16.5 Å². The minimum Gasteiger partial charge on any atom is -0.348 e. The van der Waals surface area contributed by atoms with E-state index in [0.29, 0.717) is 10.8 Å². The number of halogens is 1. The minimum absolute atomic E-state index is 0.0789. The lowest BCUT2D eigenvalue weighted by Gasteiger charge is -2.16. The molecule has 4 nitrogen and oxygen atoms in total. The van der Waals surface area contributed by atoms with Crippen LogP contribution in [0.4, 0.5) is 5.69 Å². The average Bonchev–Trinajstić information content (AvgIpc) is 2.76. The van der Waals surface area contributed by atoms with Gasteiger partial charge in [0.2, 0.25) is 9.84 Å². The average molecular weight is 469 g/mol. The van der Waals surface area contributed by atoms with Crippen LogP contribution in [0.3, 0.4) is 0 Å². The molecule has 0 atom stereocenters. The van der Waals surface area contributed by atoms with Gasteiger partial charge in [-0.3, -0.25) is 0 Å². The number of nitrogens with one attached hydrogen (secondary N) is 1. The predicted octanol–water partition coefficient (Wildman–Crippen LogP) is 6.47. The Morgan fingerprint density at radius 3 is 2.42 bits per heavy atom. The molecule has 0 fully saturated rings. The van der Waals surface area contributed by atoms with Gasteiger partial charge in [0.25, 0.3) is 0 Å². The molecule has 0 aliphatic carbocycles. The summed E-state index contributed by atoms with van der Waals surface area (Å²) in [5.41, 5.74) is 3.73. The Morgan fingerprint density at radius 1 is 1.03 bits per heavy atom. The van der Waals surface area contributed by atoms with Gasteiger partial charge >= 0.3 is 0 Å². The molecule has 0 bridgehead atoms. The van der Waals surface area contributed by atoms with E-state index in [-0.39, 0.29) is 14.8 Å². The van der Waals surface area contributed by atoms with E-state index in [1.807, 2.05) is 56.3 Å². The lowest BCUT2D eigenvalue weighted by molar-refractivity contribution is 0.603. The second kappa shape index (κ2) is 10.1. The zero-order valence-electron chi connectivity index (χ0n) is 17.1. The second-order valence-electron chi connectivity index (χ2n) is 6.88. The zero-order valence-corrected chi connectivity index (χ0v) is 19.5. The Bertz CT molecular complexity index is 1260. The van der Waals surface area contributed by atoms with Crippen LogP contribution in [-0.2, 0) is 15.6 Å². The number of aryl methyl sites for hydroxylation is 1. The van der Waals surface area contributed by atoms with E-state index in [4.69, 9.17) is 11.6 Å². The molecule has 1 N–H and O–H groups in total. The maximum absolute atomic E-state index is 13.3. The lowest BCUT2D eigenvalue weighted by Crippen LogP contribution is -2.11. The fourth-order valence-electron chi connectivity index (χ4n) is 2.90. The van der Waals surface area contributed by atoms with E-state index in [0.717, 1.165) is 22.4 Å². The summed E-state index contributed by atoms with van der Waals surface area (Å²) >= 11 is 7.34.